The van der Waals surface area contributed by atoms with Crippen LogP contribution in [0.25, 0.3) is 0 Å². The molecule has 3 nitrogen and oxygen atoms in total. The number of halogens is 2. The number of carbonyl (C=O) groups is 1. The lowest BCUT2D eigenvalue weighted by atomic mass is 10.3. The molecule has 0 saturated carbocycles. The van der Waals surface area contributed by atoms with E-state index in [1.54, 1.807) is 0 Å². The highest BCUT2D eigenvalue weighted by molar-refractivity contribution is 5.85. The number of aliphatic carboxylic acids is 1. The predicted octanol–water partition coefficient (Wildman–Crippen LogP) is 0.180. The summed E-state index contributed by atoms with van der Waals surface area (Å²) in [5, 5.41) is 7.92. The van der Waals surface area contributed by atoms with Gasteiger partial charge in [-0.3, -0.25) is 4.79 Å². The van der Waals surface area contributed by atoms with Crippen LogP contribution in [-0.2, 0) is 4.79 Å². The normalized spacial score (nSPS) is 11.8. The summed E-state index contributed by atoms with van der Waals surface area (Å²) in [4.78, 5) is 9.67. The molecule has 0 radical (unpaired) electrons. The van der Waals surface area contributed by atoms with Crippen LogP contribution in [0.2, 0.25) is 0 Å². The minimum Gasteiger partial charge on any atom is -0.481 e. The molecule has 0 amide bonds. The molecule has 3 N–H and O–H groups in total. The van der Waals surface area contributed by atoms with Crippen LogP contribution in [0, 0.1) is 0 Å². The van der Waals surface area contributed by atoms with Gasteiger partial charge in [-0.1, -0.05) is 0 Å². The summed E-state index contributed by atoms with van der Waals surface area (Å²) in [6.07, 6.45) is -1.89. The van der Waals surface area contributed by atoms with Crippen molar-refractivity contribution in [2.45, 2.75) is 12.6 Å². The third-order valence-corrected chi connectivity index (χ3v) is 0.652. The van der Waals surface area contributed by atoms with Crippen LogP contribution < -0.4 is 5.73 Å². The van der Waals surface area contributed by atoms with E-state index in [0.717, 1.165) is 0 Å². The van der Waals surface area contributed by atoms with Crippen molar-refractivity contribution in [3.8, 4) is 0 Å². The molecule has 0 aromatic carbocycles. The second-order valence-electron chi connectivity index (χ2n) is 1.43. The van der Waals surface area contributed by atoms with E-state index in [2.05, 4.69) is 0 Å². The summed E-state index contributed by atoms with van der Waals surface area (Å²) in [6, 6.07) is 0. The lowest BCUT2D eigenvalue weighted by molar-refractivity contribution is -0.138. The molecule has 0 spiro atoms. The number of alkyl halides is 1. The first-order chi connectivity index (χ1) is 3.66. The highest BCUT2D eigenvalue weighted by atomic mass is 35.5. The fourth-order valence-electron chi connectivity index (χ4n) is 0.273. The SMILES string of the molecule is Cl.NCC(F)CC(=O)O. The molecule has 1 unspecified atom stereocenters. The van der Waals surface area contributed by atoms with Gasteiger partial charge in [-0.15, -0.1) is 12.4 Å². The molecule has 0 aromatic rings. The van der Waals surface area contributed by atoms with E-state index in [1.165, 1.54) is 0 Å². The maximum Gasteiger partial charge on any atom is 0.306 e. The number of carboxylic acids is 1. The molecule has 9 heavy (non-hydrogen) atoms. The Kier molecular flexibility index (Phi) is 7.35. The van der Waals surface area contributed by atoms with E-state index in [4.69, 9.17) is 10.8 Å². The maximum absolute atomic E-state index is 11.9. The highest BCUT2D eigenvalue weighted by Gasteiger charge is 2.07. The van der Waals surface area contributed by atoms with Gasteiger partial charge in [0.25, 0.3) is 0 Å². The zero-order chi connectivity index (χ0) is 6.57. The Morgan fingerprint density at radius 1 is 1.78 bits per heavy atom. The van der Waals surface area contributed by atoms with Crippen LogP contribution >= 0.6 is 12.4 Å². The van der Waals surface area contributed by atoms with Gasteiger partial charge in [0.05, 0.1) is 6.42 Å². The van der Waals surface area contributed by atoms with E-state index in [0.29, 0.717) is 0 Å². The summed E-state index contributed by atoms with van der Waals surface area (Å²) < 4.78 is 11.9. The minimum atomic E-state index is -1.40. The van der Waals surface area contributed by atoms with E-state index in [9.17, 15) is 9.18 Å². The minimum absolute atomic E-state index is 0. The van der Waals surface area contributed by atoms with Crippen molar-refractivity contribution in [3.63, 3.8) is 0 Å². The molecule has 0 fully saturated rings. The van der Waals surface area contributed by atoms with Gasteiger partial charge in [0.2, 0.25) is 0 Å². The van der Waals surface area contributed by atoms with Crippen LogP contribution in [0.15, 0.2) is 0 Å². The zero-order valence-electron chi connectivity index (χ0n) is 4.71. The van der Waals surface area contributed by atoms with Crippen molar-refractivity contribution in [2.24, 2.45) is 5.73 Å². The number of hydrogen-bond acceptors (Lipinski definition) is 2. The maximum atomic E-state index is 11.9. The fourth-order valence-corrected chi connectivity index (χ4v) is 0.273. The number of nitrogens with two attached hydrogens (primary N) is 1. The van der Waals surface area contributed by atoms with Crippen LogP contribution in [-0.4, -0.2) is 23.8 Å². The molecule has 0 aromatic heterocycles. The van der Waals surface area contributed by atoms with Gasteiger partial charge in [-0.05, 0) is 0 Å². The second kappa shape index (κ2) is 5.78. The van der Waals surface area contributed by atoms with Gasteiger partial charge < -0.3 is 10.8 Å². The van der Waals surface area contributed by atoms with Gasteiger partial charge in [0.15, 0.2) is 0 Å². The Morgan fingerprint density at radius 3 is 2.33 bits per heavy atom. The Bertz CT molecular complexity index is 90.6. The van der Waals surface area contributed by atoms with Gasteiger partial charge in [-0.2, -0.15) is 0 Å². The van der Waals surface area contributed by atoms with E-state index in [1.807, 2.05) is 0 Å². The molecule has 0 saturated heterocycles. The van der Waals surface area contributed by atoms with Crippen molar-refractivity contribution in [3.05, 3.63) is 0 Å². The Balaban J connectivity index is 0. The zero-order valence-corrected chi connectivity index (χ0v) is 5.53. The third-order valence-electron chi connectivity index (χ3n) is 0.652. The highest BCUT2D eigenvalue weighted by Crippen LogP contribution is 1.92. The van der Waals surface area contributed by atoms with Crippen molar-refractivity contribution in [2.75, 3.05) is 6.54 Å². The molecule has 0 aliphatic heterocycles. The summed E-state index contributed by atoms with van der Waals surface area (Å²) in [5.41, 5.74) is 4.78. The average Bonchev–Trinajstić information content (AvgIpc) is 1.65. The summed E-state index contributed by atoms with van der Waals surface area (Å²) in [7, 11) is 0. The first kappa shape index (κ1) is 11.4. The van der Waals surface area contributed by atoms with Gasteiger partial charge in [0.1, 0.15) is 6.17 Å². The fraction of sp³-hybridized carbons (Fsp3) is 0.750. The van der Waals surface area contributed by atoms with Crippen LogP contribution in [0.1, 0.15) is 6.42 Å². The molecular formula is C4H9ClFNO2. The van der Waals surface area contributed by atoms with Crippen molar-refractivity contribution < 1.29 is 14.3 Å². The van der Waals surface area contributed by atoms with E-state index >= 15 is 0 Å². The van der Waals surface area contributed by atoms with Crippen LogP contribution in [0.5, 0.6) is 0 Å². The van der Waals surface area contributed by atoms with Crippen molar-refractivity contribution >= 4 is 18.4 Å². The summed E-state index contributed by atoms with van der Waals surface area (Å²) in [5.74, 6) is -1.15. The Morgan fingerprint density at radius 2 is 2.22 bits per heavy atom. The largest absolute Gasteiger partial charge is 0.481 e. The standard InChI is InChI=1S/C4H8FNO2.ClH/c5-3(2-6)1-4(7)8;/h3H,1-2,6H2,(H,7,8);1H. The molecule has 0 aliphatic rings. The molecule has 56 valence electrons. The van der Waals surface area contributed by atoms with E-state index in [-0.39, 0.29) is 19.0 Å². The molecule has 0 heterocycles. The smallest absolute Gasteiger partial charge is 0.306 e. The second-order valence-corrected chi connectivity index (χ2v) is 1.43. The lowest BCUT2D eigenvalue weighted by Gasteiger charge is -1.96. The molecular weight excluding hydrogens is 148 g/mol. The predicted molar refractivity (Wildman–Crippen MR) is 33.5 cm³/mol. The molecule has 1 atom stereocenters. The number of carboxylic acid groups (broad SMARTS) is 1. The van der Waals surface area contributed by atoms with Crippen LogP contribution in [0.4, 0.5) is 4.39 Å². The monoisotopic (exact) mass is 157 g/mol. The topological polar surface area (TPSA) is 63.3 Å². The summed E-state index contributed by atoms with van der Waals surface area (Å²) in [6.45, 7) is -0.216. The Labute approximate surface area is 58.4 Å². The first-order valence-corrected chi connectivity index (χ1v) is 2.22. The molecule has 0 rings (SSSR count). The molecule has 0 bridgehead atoms. The first-order valence-electron chi connectivity index (χ1n) is 2.22. The van der Waals surface area contributed by atoms with E-state index < -0.39 is 18.6 Å². The quantitative estimate of drug-likeness (QED) is 0.614. The third kappa shape index (κ3) is 7.65. The average molecular weight is 158 g/mol. The molecule has 0 aliphatic carbocycles. The van der Waals surface area contributed by atoms with Gasteiger partial charge in [-0.25, -0.2) is 4.39 Å². The number of hydrogen-bond donors (Lipinski definition) is 2. The Hall–Kier alpha value is -0.350. The summed E-state index contributed by atoms with van der Waals surface area (Å²) >= 11 is 0. The van der Waals surface area contributed by atoms with Crippen molar-refractivity contribution in [1.29, 1.82) is 0 Å². The van der Waals surface area contributed by atoms with Gasteiger partial charge in [0, 0.05) is 6.54 Å². The van der Waals surface area contributed by atoms with Crippen molar-refractivity contribution in [1.82, 2.24) is 0 Å². The number of rotatable bonds is 3. The molecule has 5 heteroatoms. The van der Waals surface area contributed by atoms with Crippen LogP contribution in [0.3, 0.4) is 0 Å². The van der Waals surface area contributed by atoms with Gasteiger partial charge >= 0.3 is 5.97 Å². The lowest BCUT2D eigenvalue weighted by Crippen LogP contribution is -2.18.